The second-order valence-electron chi connectivity index (χ2n) is 6.06. The number of anilines is 1. The van der Waals surface area contributed by atoms with Crippen molar-refractivity contribution in [2.24, 2.45) is 17.6 Å². The van der Waals surface area contributed by atoms with Crippen LogP contribution in [0.15, 0.2) is 24.5 Å². The van der Waals surface area contributed by atoms with E-state index in [9.17, 15) is 4.79 Å². The number of aromatic nitrogens is 2. The predicted molar refractivity (Wildman–Crippen MR) is 76.6 cm³/mol. The van der Waals surface area contributed by atoms with Gasteiger partial charge in [-0.3, -0.25) is 4.79 Å². The van der Waals surface area contributed by atoms with E-state index in [-0.39, 0.29) is 0 Å². The molecular weight excluding hydrogens is 252 g/mol. The third kappa shape index (κ3) is 1.69. The van der Waals surface area contributed by atoms with Gasteiger partial charge in [-0.2, -0.15) is 5.10 Å². The highest BCUT2D eigenvalue weighted by Crippen LogP contribution is 2.46. The quantitative estimate of drug-likeness (QED) is 0.896. The van der Waals surface area contributed by atoms with E-state index in [0.717, 1.165) is 23.0 Å². The summed E-state index contributed by atoms with van der Waals surface area (Å²) in [6.07, 6.45) is 8.64. The molecule has 2 bridgehead atoms. The molecule has 0 radical (unpaired) electrons. The van der Waals surface area contributed by atoms with E-state index in [1.807, 2.05) is 18.3 Å². The zero-order valence-electron chi connectivity index (χ0n) is 11.2. The standard InChI is InChI=1S/C15H18N4O/c16-15(20)11-8-17-19-5-1-2-13(19)14(11)18-12-7-9-3-4-10(12)6-9/h1-2,5,8-10,12,18H,3-4,6-7H2,(H2,16,20)/t9?,10?,12-/m0/s1. The maximum atomic E-state index is 11.7. The van der Waals surface area contributed by atoms with Gasteiger partial charge in [0, 0.05) is 12.2 Å². The molecule has 0 saturated heterocycles. The van der Waals surface area contributed by atoms with E-state index in [0.29, 0.717) is 11.6 Å². The van der Waals surface area contributed by atoms with E-state index < -0.39 is 5.91 Å². The molecule has 3 atom stereocenters. The van der Waals surface area contributed by atoms with Gasteiger partial charge in [0.25, 0.3) is 5.91 Å². The van der Waals surface area contributed by atoms with E-state index >= 15 is 0 Å². The van der Waals surface area contributed by atoms with Crippen LogP contribution < -0.4 is 11.1 Å². The summed E-state index contributed by atoms with van der Waals surface area (Å²) >= 11 is 0. The average Bonchev–Trinajstić information content (AvgIpc) is 3.14. The first-order chi connectivity index (χ1) is 9.72. The highest BCUT2D eigenvalue weighted by atomic mass is 16.1. The molecule has 0 aromatic carbocycles. The maximum Gasteiger partial charge on any atom is 0.252 e. The van der Waals surface area contributed by atoms with Gasteiger partial charge in [0.2, 0.25) is 0 Å². The largest absolute Gasteiger partial charge is 0.380 e. The Balaban J connectivity index is 1.75. The number of hydrogen-bond donors (Lipinski definition) is 2. The summed E-state index contributed by atoms with van der Waals surface area (Å²) in [7, 11) is 0. The Labute approximate surface area is 117 Å². The van der Waals surface area contributed by atoms with Crippen LogP contribution in [0.1, 0.15) is 36.0 Å². The minimum Gasteiger partial charge on any atom is -0.380 e. The number of hydrogen-bond acceptors (Lipinski definition) is 3. The summed E-state index contributed by atoms with van der Waals surface area (Å²) in [6.45, 7) is 0. The molecule has 2 aromatic rings. The minimum atomic E-state index is -0.424. The Morgan fingerprint density at radius 3 is 3.00 bits per heavy atom. The van der Waals surface area contributed by atoms with Crippen molar-refractivity contribution in [1.29, 1.82) is 0 Å². The normalized spacial score (nSPS) is 28.1. The van der Waals surface area contributed by atoms with E-state index in [4.69, 9.17) is 5.73 Å². The molecule has 4 rings (SSSR count). The van der Waals surface area contributed by atoms with Crippen LogP contribution in [0.5, 0.6) is 0 Å². The number of nitrogens with one attached hydrogen (secondary N) is 1. The van der Waals surface area contributed by atoms with Crippen LogP contribution in [0, 0.1) is 11.8 Å². The third-order valence-corrected chi connectivity index (χ3v) is 4.90. The molecule has 5 nitrogen and oxygen atoms in total. The molecule has 1 amide bonds. The number of primary amides is 1. The fraction of sp³-hybridized carbons (Fsp3) is 0.467. The number of carbonyl (C=O) groups is 1. The molecule has 2 unspecified atom stereocenters. The van der Waals surface area contributed by atoms with E-state index in [1.54, 1.807) is 10.7 Å². The lowest BCUT2D eigenvalue weighted by molar-refractivity contribution is 0.100. The highest BCUT2D eigenvalue weighted by Gasteiger charge is 2.39. The van der Waals surface area contributed by atoms with Gasteiger partial charge in [-0.05, 0) is 43.2 Å². The van der Waals surface area contributed by atoms with E-state index in [2.05, 4.69) is 10.4 Å². The smallest absolute Gasteiger partial charge is 0.252 e. The van der Waals surface area contributed by atoms with Gasteiger partial charge >= 0.3 is 0 Å². The predicted octanol–water partition coefficient (Wildman–Crippen LogP) is 2.03. The van der Waals surface area contributed by atoms with Gasteiger partial charge in [0.05, 0.1) is 23.0 Å². The molecule has 0 spiro atoms. The number of nitrogens with two attached hydrogens (primary N) is 1. The molecule has 2 aromatic heterocycles. The van der Waals surface area contributed by atoms with Gasteiger partial charge in [0.15, 0.2) is 0 Å². The summed E-state index contributed by atoms with van der Waals surface area (Å²) in [5.74, 6) is 1.18. The van der Waals surface area contributed by atoms with Crippen molar-refractivity contribution in [3.8, 4) is 0 Å². The summed E-state index contributed by atoms with van der Waals surface area (Å²) in [5.41, 5.74) is 7.74. The summed E-state index contributed by atoms with van der Waals surface area (Å²) < 4.78 is 1.78. The lowest BCUT2D eigenvalue weighted by Crippen LogP contribution is -2.28. The summed E-state index contributed by atoms with van der Waals surface area (Å²) in [5, 5.41) is 7.81. The third-order valence-electron chi connectivity index (χ3n) is 4.90. The van der Waals surface area contributed by atoms with Crippen LogP contribution in [-0.4, -0.2) is 21.6 Å². The van der Waals surface area contributed by atoms with E-state index in [1.165, 1.54) is 25.7 Å². The van der Waals surface area contributed by atoms with Gasteiger partial charge in [-0.15, -0.1) is 0 Å². The van der Waals surface area contributed by atoms with Crippen molar-refractivity contribution >= 4 is 17.1 Å². The second-order valence-corrected chi connectivity index (χ2v) is 6.06. The Hall–Kier alpha value is -2.04. The molecule has 0 aliphatic heterocycles. The first-order valence-corrected chi connectivity index (χ1v) is 7.25. The fourth-order valence-corrected chi connectivity index (χ4v) is 3.94. The lowest BCUT2D eigenvalue weighted by Gasteiger charge is -2.25. The second kappa shape index (κ2) is 4.23. The first-order valence-electron chi connectivity index (χ1n) is 7.25. The van der Waals surface area contributed by atoms with Crippen LogP contribution >= 0.6 is 0 Å². The monoisotopic (exact) mass is 270 g/mol. The van der Waals surface area contributed by atoms with Crippen LogP contribution in [0.25, 0.3) is 5.52 Å². The van der Waals surface area contributed by atoms with Crippen LogP contribution in [-0.2, 0) is 0 Å². The molecule has 2 saturated carbocycles. The van der Waals surface area contributed by atoms with Crippen molar-refractivity contribution in [2.75, 3.05) is 5.32 Å². The highest BCUT2D eigenvalue weighted by molar-refractivity contribution is 6.01. The van der Waals surface area contributed by atoms with Crippen molar-refractivity contribution in [1.82, 2.24) is 9.61 Å². The molecule has 2 heterocycles. The molecule has 104 valence electrons. The van der Waals surface area contributed by atoms with Crippen molar-refractivity contribution in [3.63, 3.8) is 0 Å². The Kier molecular flexibility index (Phi) is 2.49. The van der Waals surface area contributed by atoms with Crippen LogP contribution in [0.3, 0.4) is 0 Å². The lowest BCUT2D eigenvalue weighted by atomic mass is 9.95. The van der Waals surface area contributed by atoms with Gasteiger partial charge in [-0.25, -0.2) is 4.52 Å². The molecule has 5 heteroatoms. The zero-order chi connectivity index (χ0) is 13.7. The Bertz CT molecular complexity index is 678. The Morgan fingerprint density at radius 2 is 2.30 bits per heavy atom. The molecule has 20 heavy (non-hydrogen) atoms. The van der Waals surface area contributed by atoms with Crippen LogP contribution in [0.2, 0.25) is 0 Å². The van der Waals surface area contributed by atoms with Crippen molar-refractivity contribution in [2.45, 2.75) is 31.7 Å². The topological polar surface area (TPSA) is 72.4 Å². The molecular formula is C15H18N4O. The molecule has 2 fully saturated rings. The zero-order valence-corrected chi connectivity index (χ0v) is 11.2. The van der Waals surface area contributed by atoms with Gasteiger partial charge in [0.1, 0.15) is 0 Å². The number of carbonyl (C=O) groups excluding carboxylic acids is 1. The Morgan fingerprint density at radius 1 is 1.40 bits per heavy atom. The molecule has 3 N–H and O–H groups in total. The number of nitrogens with zero attached hydrogens (tertiary/aromatic N) is 2. The van der Waals surface area contributed by atoms with Crippen molar-refractivity contribution < 1.29 is 4.79 Å². The first kappa shape index (κ1) is 11.8. The summed E-state index contributed by atoms with van der Waals surface area (Å²) in [6, 6.07) is 4.36. The molecule has 2 aliphatic rings. The number of fused-ring (bicyclic) bond motifs is 3. The average molecular weight is 270 g/mol. The fourth-order valence-electron chi connectivity index (χ4n) is 3.94. The number of rotatable bonds is 3. The van der Waals surface area contributed by atoms with Crippen LogP contribution in [0.4, 0.5) is 5.69 Å². The maximum absolute atomic E-state index is 11.7. The summed E-state index contributed by atoms with van der Waals surface area (Å²) in [4.78, 5) is 11.7. The SMILES string of the molecule is NC(=O)c1cnn2cccc2c1N[C@H]1CC2CCC1C2. The molecule has 2 aliphatic carbocycles. The van der Waals surface area contributed by atoms with Crippen molar-refractivity contribution in [3.05, 3.63) is 30.1 Å². The minimum absolute atomic E-state index is 0.424. The number of amides is 1. The van der Waals surface area contributed by atoms with Gasteiger partial charge in [-0.1, -0.05) is 6.42 Å². The van der Waals surface area contributed by atoms with Gasteiger partial charge < -0.3 is 11.1 Å².